The van der Waals surface area contributed by atoms with Crippen LogP contribution in [0.15, 0.2) is 53.2 Å². The molecule has 0 radical (unpaired) electrons. The number of furan rings is 1. The van der Waals surface area contributed by atoms with Gasteiger partial charge in [-0.15, -0.1) is 0 Å². The fourth-order valence-electron chi connectivity index (χ4n) is 3.69. The van der Waals surface area contributed by atoms with Crippen LogP contribution in [0.2, 0.25) is 0 Å². The minimum absolute atomic E-state index is 0.136. The van der Waals surface area contributed by atoms with Crippen molar-refractivity contribution in [2.75, 3.05) is 26.4 Å². The molecule has 0 aliphatic heterocycles. The standard InChI is InChI=1S/C28H35NO5/c1-6-31-22-11-9-21(10-12-22)25-18-34-27-17-26(32-7-2)23(16-24(25)27)20(5)15-28(30)29-13-8-14-33-19(3)4/h9-12,15-19H,6-8,13-14H2,1-5H3,(H,29,30)/b20-15+. The minimum atomic E-state index is -0.136. The van der Waals surface area contributed by atoms with E-state index < -0.39 is 0 Å². The molecule has 0 saturated heterocycles. The molecule has 34 heavy (non-hydrogen) atoms. The first-order valence-electron chi connectivity index (χ1n) is 11.9. The van der Waals surface area contributed by atoms with E-state index in [9.17, 15) is 4.79 Å². The summed E-state index contributed by atoms with van der Waals surface area (Å²) in [7, 11) is 0. The quantitative estimate of drug-likeness (QED) is 0.254. The molecule has 1 heterocycles. The molecular formula is C28H35NO5. The largest absolute Gasteiger partial charge is 0.494 e. The Bertz CT molecular complexity index is 1110. The summed E-state index contributed by atoms with van der Waals surface area (Å²) in [4.78, 5) is 12.5. The van der Waals surface area contributed by atoms with E-state index in [2.05, 4.69) is 5.32 Å². The van der Waals surface area contributed by atoms with Gasteiger partial charge in [0, 0.05) is 41.8 Å². The third-order valence-corrected chi connectivity index (χ3v) is 5.30. The summed E-state index contributed by atoms with van der Waals surface area (Å²) < 4.78 is 22.8. The zero-order chi connectivity index (χ0) is 24.5. The van der Waals surface area contributed by atoms with Gasteiger partial charge in [0.25, 0.3) is 0 Å². The molecule has 1 N–H and O–H groups in total. The fraction of sp³-hybridized carbons (Fsp3) is 0.393. The molecule has 6 nitrogen and oxygen atoms in total. The predicted molar refractivity (Wildman–Crippen MR) is 136 cm³/mol. The Morgan fingerprint density at radius 1 is 1.09 bits per heavy atom. The maximum absolute atomic E-state index is 12.5. The molecule has 6 heteroatoms. The Morgan fingerprint density at radius 3 is 2.50 bits per heavy atom. The number of rotatable bonds is 12. The van der Waals surface area contributed by atoms with Crippen LogP contribution in [0.3, 0.4) is 0 Å². The Balaban J connectivity index is 1.85. The van der Waals surface area contributed by atoms with Gasteiger partial charge in [-0.2, -0.15) is 0 Å². The fourth-order valence-corrected chi connectivity index (χ4v) is 3.69. The van der Waals surface area contributed by atoms with Gasteiger partial charge in [0.15, 0.2) is 0 Å². The van der Waals surface area contributed by atoms with Crippen LogP contribution in [0.1, 0.15) is 46.6 Å². The molecule has 0 bridgehead atoms. The average molecular weight is 466 g/mol. The van der Waals surface area contributed by atoms with Gasteiger partial charge in [-0.3, -0.25) is 4.79 Å². The molecule has 0 spiro atoms. The highest BCUT2D eigenvalue weighted by Gasteiger charge is 2.15. The number of fused-ring (bicyclic) bond motifs is 1. The Kier molecular flexibility index (Phi) is 9.16. The molecule has 2 aromatic carbocycles. The number of benzene rings is 2. The van der Waals surface area contributed by atoms with Crippen LogP contribution in [-0.4, -0.2) is 38.4 Å². The summed E-state index contributed by atoms with van der Waals surface area (Å²) in [5.41, 5.74) is 4.42. The number of hydrogen-bond donors (Lipinski definition) is 1. The van der Waals surface area contributed by atoms with Crippen molar-refractivity contribution in [3.8, 4) is 22.6 Å². The molecule has 0 atom stereocenters. The Morgan fingerprint density at radius 2 is 1.82 bits per heavy atom. The molecule has 0 saturated carbocycles. The zero-order valence-electron chi connectivity index (χ0n) is 20.8. The van der Waals surface area contributed by atoms with E-state index in [0.717, 1.165) is 45.4 Å². The smallest absolute Gasteiger partial charge is 0.244 e. The molecule has 3 aromatic rings. The average Bonchev–Trinajstić information content (AvgIpc) is 3.22. The first-order valence-corrected chi connectivity index (χ1v) is 11.9. The maximum atomic E-state index is 12.5. The van der Waals surface area contributed by atoms with Gasteiger partial charge in [0.1, 0.15) is 17.1 Å². The highest BCUT2D eigenvalue weighted by atomic mass is 16.5. The third kappa shape index (κ3) is 6.64. The van der Waals surface area contributed by atoms with Crippen molar-refractivity contribution in [3.05, 3.63) is 54.3 Å². The summed E-state index contributed by atoms with van der Waals surface area (Å²) in [6.45, 7) is 12.2. The molecule has 1 amide bonds. The Hall–Kier alpha value is -3.25. The number of carbonyl (C=O) groups is 1. The van der Waals surface area contributed by atoms with Gasteiger partial charge in [-0.1, -0.05) is 12.1 Å². The highest BCUT2D eigenvalue weighted by molar-refractivity contribution is 6.00. The minimum Gasteiger partial charge on any atom is -0.494 e. The number of hydrogen-bond acceptors (Lipinski definition) is 5. The second-order valence-corrected chi connectivity index (χ2v) is 8.28. The van der Waals surface area contributed by atoms with Crippen LogP contribution >= 0.6 is 0 Å². The monoisotopic (exact) mass is 465 g/mol. The zero-order valence-corrected chi connectivity index (χ0v) is 20.8. The summed E-state index contributed by atoms with van der Waals surface area (Å²) in [5.74, 6) is 1.39. The molecular weight excluding hydrogens is 430 g/mol. The molecule has 0 fully saturated rings. The second-order valence-electron chi connectivity index (χ2n) is 8.28. The SMILES string of the molecule is CCOc1ccc(-c2coc3cc(OCC)c(/C(C)=C/C(=O)NCCCOC(C)C)cc23)cc1. The van der Waals surface area contributed by atoms with Crippen LogP contribution in [0.4, 0.5) is 0 Å². The van der Waals surface area contributed by atoms with E-state index in [-0.39, 0.29) is 12.0 Å². The van der Waals surface area contributed by atoms with Crippen molar-refractivity contribution in [1.82, 2.24) is 5.32 Å². The Labute approximate surface area is 201 Å². The number of carbonyl (C=O) groups excluding carboxylic acids is 1. The van der Waals surface area contributed by atoms with Crippen LogP contribution in [0.25, 0.3) is 27.7 Å². The summed E-state index contributed by atoms with van der Waals surface area (Å²) in [5, 5.41) is 3.89. The van der Waals surface area contributed by atoms with E-state index >= 15 is 0 Å². The lowest BCUT2D eigenvalue weighted by atomic mass is 9.99. The number of allylic oxidation sites excluding steroid dienone is 1. The van der Waals surface area contributed by atoms with E-state index in [1.807, 2.05) is 71.0 Å². The maximum Gasteiger partial charge on any atom is 0.244 e. The van der Waals surface area contributed by atoms with E-state index in [0.29, 0.717) is 32.1 Å². The highest BCUT2D eigenvalue weighted by Crippen LogP contribution is 2.37. The lowest BCUT2D eigenvalue weighted by molar-refractivity contribution is -0.116. The van der Waals surface area contributed by atoms with Crippen LogP contribution < -0.4 is 14.8 Å². The van der Waals surface area contributed by atoms with Gasteiger partial charge < -0.3 is 23.9 Å². The van der Waals surface area contributed by atoms with Crippen LogP contribution in [0, 0.1) is 0 Å². The van der Waals surface area contributed by atoms with Gasteiger partial charge in [0.2, 0.25) is 5.91 Å². The topological polar surface area (TPSA) is 69.9 Å². The third-order valence-electron chi connectivity index (χ3n) is 5.30. The molecule has 3 rings (SSSR count). The van der Waals surface area contributed by atoms with E-state index in [4.69, 9.17) is 18.6 Å². The van der Waals surface area contributed by atoms with Crippen molar-refractivity contribution in [1.29, 1.82) is 0 Å². The van der Waals surface area contributed by atoms with Gasteiger partial charge in [-0.05, 0) is 70.4 Å². The first-order chi connectivity index (χ1) is 16.4. The van der Waals surface area contributed by atoms with E-state index in [1.54, 1.807) is 12.3 Å². The van der Waals surface area contributed by atoms with Gasteiger partial charge in [0.05, 0.1) is 25.6 Å². The van der Waals surface area contributed by atoms with E-state index in [1.165, 1.54) is 0 Å². The van der Waals surface area contributed by atoms with Crippen molar-refractivity contribution in [2.45, 2.75) is 47.1 Å². The van der Waals surface area contributed by atoms with Gasteiger partial charge in [-0.25, -0.2) is 0 Å². The lowest BCUT2D eigenvalue weighted by Crippen LogP contribution is -2.23. The van der Waals surface area contributed by atoms with Crippen molar-refractivity contribution in [3.63, 3.8) is 0 Å². The molecule has 0 aliphatic carbocycles. The van der Waals surface area contributed by atoms with Crippen molar-refractivity contribution < 1.29 is 23.4 Å². The number of nitrogens with one attached hydrogen (secondary N) is 1. The number of amides is 1. The molecule has 0 unspecified atom stereocenters. The summed E-state index contributed by atoms with van der Waals surface area (Å²) in [6.07, 6.45) is 4.34. The van der Waals surface area contributed by atoms with Crippen LogP contribution in [0.5, 0.6) is 11.5 Å². The number of ether oxygens (including phenoxy) is 3. The lowest BCUT2D eigenvalue weighted by Gasteiger charge is -2.12. The molecule has 0 aliphatic rings. The van der Waals surface area contributed by atoms with Crippen molar-refractivity contribution in [2.24, 2.45) is 0 Å². The summed E-state index contributed by atoms with van der Waals surface area (Å²) in [6, 6.07) is 11.9. The normalized spacial score (nSPS) is 11.8. The van der Waals surface area contributed by atoms with Crippen molar-refractivity contribution >= 4 is 22.4 Å². The molecule has 182 valence electrons. The van der Waals surface area contributed by atoms with Gasteiger partial charge >= 0.3 is 0 Å². The first kappa shape index (κ1) is 25.4. The molecule has 1 aromatic heterocycles. The predicted octanol–water partition coefficient (Wildman–Crippen LogP) is 6.23. The van der Waals surface area contributed by atoms with Crippen LogP contribution in [-0.2, 0) is 9.53 Å². The second kappa shape index (κ2) is 12.3. The summed E-state index contributed by atoms with van der Waals surface area (Å²) >= 11 is 0.